The quantitative estimate of drug-likeness (QED) is 0.777. The van der Waals surface area contributed by atoms with Crippen LogP contribution in [0.5, 0.6) is 0 Å². The zero-order chi connectivity index (χ0) is 19.6. The van der Waals surface area contributed by atoms with Gasteiger partial charge in [0, 0.05) is 19.6 Å². The van der Waals surface area contributed by atoms with Crippen molar-refractivity contribution in [2.45, 2.75) is 38.5 Å². The summed E-state index contributed by atoms with van der Waals surface area (Å²) in [5, 5.41) is 14.6. The topological polar surface area (TPSA) is 35.5 Å². The van der Waals surface area contributed by atoms with E-state index in [1.54, 1.807) is 24.3 Å². The fourth-order valence-corrected chi connectivity index (χ4v) is 3.82. The first-order chi connectivity index (χ1) is 12.8. The summed E-state index contributed by atoms with van der Waals surface area (Å²) in [7, 11) is 0. The molecule has 0 bridgehead atoms. The van der Waals surface area contributed by atoms with Crippen LogP contribution in [0.3, 0.4) is 0 Å². The maximum absolute atomic E-state index is 13.5. The van der Waals surface area contributed by atoms with Gasteiger partial charge in [-0.1, -0.05) is 38.1 Å². The van der Waals surface area contributed by atoms with Crippen LogP contribution in [0.15, 0.2) is 48.5 Å². The van der Waals surface area contributed by atoms with Crippen LogP contribution >= 0.6 is 12.4 Å². The van der Waals surface area contributed by atoms with Crippen LogP contribution in [0.2, 0.25) is 0 Å². The Kier molecular flexibility index (Phi) is 7.57. The molecule has 2 atom stereocenters. The molecule has 1 saturated heterocycles. The first kappa shape index (κ1) is 22.8. The van der Waals surface area contributed by atoms with Gasteiger partial charge in [-0.25, -0.2) is 8.78 Å². The Morgan fingerprint density at radius 1 is 1.00 bits per heavy atom. The van der Waals surface area contributed by atoms with E-state index in [-0.39, 0.29) is 42.0 Å². The molecule has 0 amide bonds. The molecule has 0 aliphatic carbocycles. The highest BCUT2D eigenvalue weighted by molar-refractivity contribution is 5.85. The highest BCUT2D eigenvalue weighted by Crippen LogP contribution is 2.36. The van der Waals surface area contributed by atoms with Crippen LogP contribution in [-0.2, 0) is 0 Å². The second-order valence-electron chi connectivity index (χ2n) is 7.84. The van der Waals surface area contributed by atoms with E-state index in [0.717, 1.165) is 24.2 Å². The molecule has 3 rings (SSSR count). The van der Waals surface area contributed by atoms with E-state index in [1.165, 1.54) is 24.3 Å². The van der Waals surface area contributed by atoms with Gasteiger partial charge in [0.25, 0.3) is 0 Å². The highest BCUT2D eigenvalue weighted by atomic mass is 35.5. The Morgan fingerprint density at radius 3 is 1.89 bits per heavy atom. The number of rotatable bonds is 5. The van der Waals surface area contributed by atoms with Crippen molar-refractivity contribution in [2.24, 2.45) is 5.92 Å². The molecule has 0 radical (unpaired) electrons. The van der Waals surface area contributed by atoms with E-state index in [1.807, 2.05) is 20.8 Å². The summed E-state index contributed by atoms with van der Waals surface area (Å²) in [5.41, 5.74) is 0.940. The van der Waals surface area contributed by atoms with Crippen LogP contribution in [-0.4, -0.2) is 41.3 Å². The smallest absolute Gasteiger partial charge is 0.123 e. The largest absolute Gasteiger partial charge is 0.388 e. The summed E-state index contributed by atoms with van der Waals surface area (Å²) in [5.74, 6) is -0.516. The van der Waals surface area contributed by atoms with Gasteiger partial charge < -0.3 is 10.4 Å². The van der Waals surface area contributed by atoms with Crippen molar-refractivity contribution in [3.63, 3.8) is 0 Å². The van der Waals surface area contributed by atoms with Gasteiger partial charge in [-0.15, -0.1) is 12.4 Å². The summed E-state index contributed by atoms with van der Waals surface area (Å²) in [6.45, 7) is 8.07. The molecule has 2 N–H and O–H groups in total. The molecule has 0 spiro atoms. The highest BCUT2D eigenvalue weighted by Gasteiger charge is 2.43. The predicted molar refractivity (Wildman–Crippen MR) is 111 cm³/mol. The number of piperazine rings is 1. The normalized spacial score (nSPS) is 20.1. The third-order valence-corrected chi connectivity index (χ3v) is 5.83. The predicted octanol–water partition coefficient (Wildman–Crippen LogP) is 4.16. The van der Waals surface area contributed by atoms with E-state index in [9.17, 15) is 13.9 Å². The molecule has 1 aliphatic rings. The lowest BCUT2D eigenvalue weighted by Gasteiger charge is -2.49. The molecule has 0 aromatic heterocycles. The van der Waals surface area contributed by atoms with E-state index < -0.39 is 5.60 Å². The standard InChI is InChI=1S/C22H28F2N2O.ClH/c1-15(2)22(3,27)20-14-25-12-13-26(20)21(16-4-8-18(23)9-5-16)17-6-10-19(24)11-7-17;/h4-11,15,20-21,25,27H,12-14H2,1-3H3;1H. The number of halogens is 3. The Bertz CT molecular complexity index is 705. The number of nitrogens with one attached hydrogen (secondary N) is 1. The Morgan fingerprint density at radius 2 is 1.46 bits per heavy atom. The van der Waals surface area contributed by atoms with Crippen molar-refractivity contribution in [2.75, 3.05) is 19.6 Å². The van der Waals surface area contributed by atoms with Crippen molar-refractivity contribution in [3.8, 4) is 0 Å². The fraction of sp³-hybridized carbons (Fsp3) is 0.455. The van der Waals surface area contributed by atoms with Crippen LogP contribution in [0, 0.1) is 17.6 Å². The van der Waals surface area contributed by atoms with Gasteiger partial charge in [0.05, 0.1) is 17.7 Å². The lowest BCUT2D eigenvalue weighted by atomic mass is 9.81. The van der Waals surface area contributed by atoms with Crippen LogP contribution in [0.4, 0.5) is 8.78 Å². The zero-order valence-electron chi connectivity index (χ0n) is 16.5. The van der Waals surface area contributed by atoms with Crippen molar-refractivity contribution in [3.05, 3.63) is 71.3 Å². The lowest BCUT2D eigenvalue weighted by molar-refractivity contribution is -0.0825. The van der Waals surface area contributed by atoms with Crippen molar-refractivity contribution in [1.29, 1.82) is 0 Å². The van der Waals surface area contributed by atoms with E-state index in [2.05, 4.69) is 10.2 Å². The van der Waals surface area contributed by atoms with Crippen molar-refractivity contribution < 1.29 is 13.9 Å². The van der Waals surface area contributed by atoms with Crippen LogP contribution in [0.25, 0.3) is 0 Å². The Balaban J connectivity index is 0.00000280. The van der Waals surface area contributed by atoms with Gasteiger partial charge in [-0.2, -0.15) is 0 Å². The van der Waals surface area contributed by atoms with E-state index >= 15 is 0 Å². The molecule has 0 saturated carbocycles. The third kappa shape index (κ3) is 4.71. The molecule has 154 valence electrons. The molecule has 2 unspecified atom stereocenters. The molecule has 3 nitrogen and oxygen atoms in total. The molecule has 2 aromatic rings. The first-order valence-electron chi connectivity index (χ1n) is 9.50. The average Bonchev–Trinajstić information content (AvgIpc) is 2.65. The summed E-state index contributed by atoms with van der Waals surface area (Å²) in [6, 6.07) is 12.5. The second-order valence-corrected chi connectivity index (χ2v) is 7.84. The molecule has 2 aromatic carbocycles. The molecule has 28 heavy (non-hydrogen) atoms. The number of aliphatic hydroxyl groups is 1. The van der Waals surface area contributed by atoms with Crippen molar-refractivity contribution >= 4 is 12.4 Å². The Hall–Kier alpha value is -1.53. The van der Waals surface area contributed by atoms with Crippen LogP contribution in [0.1, 0.15) is 37.9 Å². The third-order valence-electron chi connectivity index (χ3n) is 5.83. The monoisotopic (exact) mass is 410 g/mol. The molecule has 6 heteroatoms. The van der Waals surface area contributed by atoms with Gasteiger partial charge in [0.1, 0.15) is 11.6 Å². The SMILES string of the molecule is CC(C)C(C)(O)C1CNCCN1C(c1ccc(F)cc1)c1ccc(F)cc1.Cl. The van der Waals surface area contributed by atoms with Crippen LogP contribution < -0.4 is 5.32 Å². The second kappa shape index (κ2) is 9.31. The summed E-state index contributed by atoms with van der Waals surface area (Å²) in [4.78, 5) is 2.26. The molecular formula is C22H29ClF2N2O. The van der Waals surface area contributed by atoms with E-state index in [4.69, 9.17) is 0 Å². The number of nitrogens with zero attached hydrogens (tertiary/aromatic N) is 1. The van der Waals surface area contributed by atoms with Gasteiger partial charge in [0.2, 0.25) is 0 Å². The zero-order valence-corrected chi connectivity index (χ0v) is 17.3. The number of hydrogen-bond acceptors (Lipinski definition) is 3. The average molecular weight is 411 g/mol. The minimum absolute atomic E-state index is 0. The molecule has 1 aliphatic heterocycles. The summed E-state index contributed by atoms with van der Waals surface area (Å²) in [6.07, 6.45) is 0. The van der Waals surface area contributed by atoms with Gasteiger partial charge in [0.15, 0.2) is 0 Å². The maximum Gasteiger partial charge on any atom is 0.123 e. The number of benzene rings is 2. The summed E-state index contributed by atoms with van der Waals surface area (Å²) < 4.78 is 27.0. The fourth-order valence-electron chi connectivity index (χ4n) is 3.82. The van der Waals surface area contributed by atoms with Gasteiger partial charge in [-0.3, -0.25) is 4.90 Å². The lowest BCUT2D eigenvalue weighted by Crippen LogP contribution is -2.63. The van der Waals surface area contributed by atoms with Crippen molar-refractivity contribution in [1.82, 2.24) is 10.2 Å². The minimum atomic E-state index is -0.911. The number of hydrogen-bond donors (Lipinski definition) is 2. The summed E-state index contributed by atoms with van der Waals surface area (Å²) >= 11 is 0. The van der Waals surface area contributed by atoms with E-state index in [0.29, 0.717) is 6.54 Å². The molecule has 1 heterocycles. The van der Waals surface area contributed by atoms with Gasteiger partial charge in [-0.05, 0) is 48.2 Å². The Labute approximate surface area is 172 Å². The molecular weight excluding hydrogens is 382 g/mol. The van der Waals surface area contributed by atoms with Gasteiger partial charge >= 0.3 is 0 Å². The maximum atomic E-state index is 13.5. The first-order valence-corrected chi connectivity index (χ1v) is 9.50. The molecule has 1 fully saturated rings. The minimum Gasteiger partial charge on any atom is -0.388 e.